The molecule has 0 aliphatic rings. The Morgan fingerprint density at radius 2 is 1.06 bits per heavy atom. The minimum atomic E-state index is -2.16. The Bertz CT molecular complexity index is 484. The maximum atomic E-state index is 4.14. The van der Waals surface area contributed by atoms with E-state index in [1.807, 2.05) is 37.6 Å². The highest BCUT2D eigenvalue weighted by Gasteiger charge is 2.35. The second-order valence-corrected chi connectivity index (χ2v) is 7.37. The van der Waals surface area contributed by atoms with E-state index in [-0.39, 0.29) is 0 Å². The summed E-state index contributed by atoms with van der Waals surface area (Å²) in [4.78, 5) is 12.4. The van der Waals surface area contributed by atoms with E-state index in [0.717, 1.165) is 0 Å². The van der Waals surface area contributed by atoms with Crippen molar-refractivity contribution < 1.29 is 0 Å². The Labute approximate surface area is 99.4 Å². The summed E-state index contributed by atoms with van der Waals surface area (Å²) in [5, 5.41) is 0. The number of rotatable bonds is 3. The second-order valence-electron chi connectivity index (χ2n) is 3.88. The third kappa shape index (κ3) is 1.43. The Kier molecular flexibility index (Phi) is 2.18. The molecule has 0 amide bonds. The van der Waals surface area contributed by atoms with Crippen LogP contribution < -0.4 is 0 Å². The minimum absolute atomic E-state index is 1.79. The number of hydrogen-bond donors (Lipinski definition) is 0. The lowest BCUT2D eigenvalue weighted by Gasteiger charge is -2.29. The van der Waals surface area contributed by atoms with Crippen LogP contribution in [0.1, 0.15) is 0 Å². The number of nitrogens with zero attached hydrogens (tertiary/aromatic N) is 6. The molecule has 0 aromatic carbocycles. The van der Waals surface area contributed by atoms with Crippen LogP contribution in [-0.4, -0.2) is 36.2 Å². The number of aromatic nitrogens is 6. The van der Waals surface area contributed by atoms with Gasteiger partial charge in [-0.15, -0.1) is 0 Å². The van der Waals surface area contributed by atoms with E-state index in [1.54, 1.807) is 18.6 Å². The Balaban J connectivity index is 2.21. The van der Waals surface area contributed by atoms with Gasteiger partial charge in [0.1, 0.15) is 0 Å². The van der Waals surface area contributed by atoms with Gasteiger partial charge in [-0.1, -0.05) is 0 Å². The van der Waals surface area contributed by atoms with E-state index in [4.69, 9.17) is 0 Å². The van der Waals surface area contributed by atoms with Crippen LogP contribution in [-0.2, 0) is 0 Å². The van der Waals surface area contributed by atoms with Crippen LogP contribution in [0.2, 0.25) is 6.55 Å². The summed E-state index contributed by atoms with van der Waals surface area (Å²) in [5.74, 6) is 0. The van der Waals surface area contributed by atoms with E-state index in [9.17, 15) is 0 Å². The Hall–Kier alpha value is -2.15. The molecule has 0 aliphatic heterocycles. The van der Waals surface area contributed by atoms with Crippen molar-refractivity contribution in [2.45, 2.75) is 6.55 Å². The van der Waals surface area contributed by atoms with E-state index in [2.05, 4.69) is 34.2 Å². The van der Waals surface area contributed by atoms with Crippen LogP contribution in [0.4, 0.5) is 0 Å². The first-order valence-electron chi connectivity index (χ1n) is 5.27. The molecule has 0 radical (unpaired) electrons. The molecule has 0 saturated carbocycles. The van der Waals surface area contributed by atoms with Crippen molar-refractivity contribution >= 4 is 8.56 Å². The molecular formula is C10H12N6Si. The monoisotopic (exact) mass is 244 g/mol. The highest BCUT2D eigenvalue weighted by atomic mass is 28.4. The Morgan fingerprint density at radius 3 is 1.29 bits per heavy atom. The molecule has 3 rings (SSSR count). The van der Waals surface area contributed by atoms with Gasteiger partial charge in [0.25, 0.3) is 0 Å². The predicted molar refractivity (Wildman–Crippen MR) is 64.5 cm³/mol. The minimum Gasteiger partial charge on any atom is -0.329 e. The SMILES string of the molecule is C[Si](n1ccnc1)(n1ccnc1)n1ccnc1. The molecule has 0 fully saturated rings. The molecule has 86 valence electrons. The largest absolute Gasteiger partial charge is 0.391 e. The van der Waals surface area contributed by atoms with Crippen LogP contribution in [0.3, 0.4) is 0 Å². The number of imidazole rings is 3. The molecule has 17 heavy (non-hydrogen) atoms. The molecule has 0 aliphatic carbocycles. The van der Waals surface area contributed by atoms with Crippen molar-refractivity contribution in [3.8, 4) is 0 Å². The zero-order valence-corrected chi connectivity index (χ0v) is 10.4. The summed E-state index contributed by atoms with van der Waals surface area (Å²) in [6.07, 6.45) is 16.8. The van der Waals surface area contributed by atoms with Crippen molar-refractivity contribution in [3.05, 3.63) is 56.2 Å². The fourth-order valence-electron chi connectivity index (χ4n) is 1.93. The summed E-state index contributed by atoms with van der Waals surface area (Å²) >= 11 is 0. The normalized spacial score (nSPS) is 11.8. The molecule has 7 heteroatoms. The molecule has 3 aromatic rings. The first kappa shape index (κ1) is 10.0. The van der Waals surface area contributed by atoms with E-state index >= 15 is 0 Å². The number of hydrogen-bond acceptors (Lipinski definition) is 3. The van der Waals surface area contributed by atoms with Crippen LogP contribution >= 0.6 is 0 Å². The zero-order valence-electron chi connectivity index (χ0n) is 9.38. The van der Waals surface area contributed by atoms with Gasteiger partial charge in [-0.05, 0) is 6.55 Å². The van der Waals surface area contributed by atoms with Crippen LogP contribution in [0, 0.1) is 0 Å². The standard InChI is InChI=1S/C10H12N6Si/c1-17(14-5-2-11-8-14,15-6-3-12-9-15)16-7-4-13-10-16/h2-10H,1H3. The molecular weight excluding hydrogens is 232 g/mol. The van der Waals surface area contributed by atoms with Gasteiger partial charge in [0.05, 0.1) is 19.0 Å². The molecule has 0 spiro atoms. The van der Waals surface area contributed by atoms with Gasteiger partial charge in [-0.2, -0.15) is 0 Å². The highest BCUT2D eigenvalue weighted by molar-refractivity contribution is 6.73. The summed E-state index contributed by atoms with van der Waals surface area (Å²) in [6.45, 7) is 2.21. The van der Waals surface area contributed by atoms with Gasteiger partial charge in [-0.25, -0.2) is 15.0 Å². The molecule has 0 unspecified atom stereocenters. The molecule has 0 N–H and O–H groups in total. The fourth-order valence-corrected chi connectivity index (χ4v) is 4.63. The topological polar surface area (TPSA) is 53.5 Å². The first-order valence-corrected chi connectivity index (χ1v) is 7.61. The summed E-state index contributed by atoms with van der Waals surface area (Å²) in [7, 11) is -2.16. The first-order chi connectivity index (χ1) is 8.32. The average molecular weight is 244 g/mol. The third-order valence-corrected chi connectivity index (χ3v) is 6.71. The van der Waals surface area contributed by atoms with Crippen molar-refractivity contribution in [2.75, 3.05) is 0 Å². The molecule has 0 saturated heterocycles. The molecule has 6 nitrogen and oxygen atoms in total. The summed E-state index contributed by atoms with van der Waals surface area (Å²) < 4.78 is 6.41. The quantitative estimate of drug-likeness (QED) is 0.640. The van der Waals surface area contributed by atoms with Gasteiger partial charge >= 0.3 is 8.56 Å². The van der Waals surface area contributed by atoms with Gasteiger partial charge in [0.2, 0.25) is 0 Å². The summed E-state index contributed by atoms with van der Waals surface area (Å²) in [5.41, 5.74) is 0. The van der Waals surface area contributed by atoms with Gasteiger partial charge < -0.3 is 12.7 Å². The lowest BCUT2D eigenvalue weighted by atomic mass is 11.0. The average Bonchev–Trinajstić information content (AvgIpc) is 3.10. The lowest BCUT2D eigenvalue weighted by Crippen LogP contribution is -2.53. The van der Waals surface area contributed by atoms with Crippen molar-refractivity contribution in [3.63, 3.8) is 0 Å². The zero-order chi connectivity index (χ0) is 11.7. The van der Waals surface area contributed by atoms with Gasteiger partial charge in [0, 0.05) is 37.2 Å². The van der Waals surface area contributed by atoms with Crippen molar-refractivity contribution in [1.82, 2.24) is 27.6 Å². The van der Waals surface area contributed by atoms with Gasteiger partial charge in [-0.3, -0.25) is 0 Å². The molecule has 3 heterocycles. The van der Waals surface area contributed by atoms with Crippen LogP contribution in [0.15, 0.2) is 56.2 Å². The molecule has 0 atom stereocenters. The fraction of sp³-hybridized carbons (Fsp3) is 0.100. The Morgan fingerprint density at radius 1 is 0.706 bits per heavy atom. The van der Waals surface area contributed by atoms with Crippen LogP contribution in [0.25, 0.3) is 0 Å². The highest BCUT2D eigenvalue weighted by Crippen LogP contribution is 2.12. The van der Waals surface area contributed by atoms with E-state index < -0.39 is 8.56 Å². The molecule has 3 aromatic heterocycles. The van der Waals surface area contributed by atoms with Gasteiger partial charge in [0.15, 0.2) is 0 Å². The summed E-state index contributed by atoms with van der Waals surface area (Å²) in [6, 6.07) is 0. The van der Waals surface area contributed by atoms with Crippen molar-refractivity contribution in [2.24, 2.45) is 0 Å². The predicted octanol–water partition coefficient (Wildman–Crippen LogP) is 0.789. The van der Waals surface area contributed by atoms with Crippen molar-refractivity contribution in [1.29, 1.82) is 0 Å². The third-order valence-electron chi connectivity index (χ3n) is 2.98. The van der Waals surface area contributed by atoms with E-state index in [0.29, 0.717) is 0 Å². The maximum Gasteiger partial charge on any atom is 0.391 e. The second kappa shape index (κ2) is 3.70. The van der Waals surface area contributed by atoms with Crippen LogP contribution in [0.5, 0.6) is 0 Å². The smallest absolute Gasteiger partial charge is 0.329 e. The maximum absolute atomic E-state index is 4.14. The molecule has 0 bridgehead atoms. The lowest BCUT2D eigenvalue weighted by molar-refractivity contribution is 0.892. The van der Waals surface area contributed by atoms with E-state index in [1.165, 1.54) is 0 Å².